The highest BCUT2D eigenvalue weighted by molar-refractivity contribution is 7.92. The largest absolute Gasteiger partial charge is 0.530 e. The molecule has 0 unspecified atom stereocenters. The van der Waals surface area contributed by atoms with E-state index in [1.165, 1.54) is 24.3 Å². The van der Waals surface area contributed by atoms with Crippen LogP contribution in [0.15, 0.2) is 71.9 Å². The van der Waals surface area contributed by atoms with Crippen LogP contribution in [0.3, 0.4) is 0 Å². The molecule has 3 heterocycles. The summed E-state index contributed by atoms with van der Waals surface area (Å²) >= 11 is 0. The number of aromatic nitrogens is 3. The SMILES string of the molecule is Cc1cccnc1-c1cc2cccnc2c(NS(=O)(=O)c2ccc(NC(=O)[O-])cc2)n1. The second kappa shape index (κ2) is 8.00. The minimum Gasteiger partial charge on any atom is -0.530 e. The van der Waals surface area contributed by atoms with Gasteiger partial charge in [0.05, 0.1) is 16.3 Å². The Morgan fingerprint density at radius 1 is 1.00 bits per heavy atom. The van der Waals surface area contributed by atoms with Gasteiger partial charge >= 0.3 is 0 Å². The number of benzene rings is 1. The van der Waals surface area contributed by atoms with Crippen molar-refractivity contribution in [2.45, 2.75) is 11.8 Å². The van der Waals surface area contributed by atoms with E-state index in [1.54, 1.807) is 24.5 Å². The lowest BCUT2D eigenvalue weighted by atomic mass is 10.1. The standard InChI is InChI=1S/C21H17N5O4S/c1-13-4-2-10-22-18(13)17-12-14-5-3-11-23-19(14)20(25-17)26-31(29,30)16-8-6-15(7-9-16)24-21(27)28/h2-12,24H,1H3,(H,25,26)(H,27,28)/p-1. The van der Waals surface area contributed by atoms with Gasteiger partial charge in [0.15, 0.2) is 5.82 Å². The number of fused-ring (bicyclic) bond motifs is 1. The smallest absolute Gasteiger partial charge is 0.263 e. The van der Waals surface area contributed by atoms with Crippen molar-refractivity contribution in [1.82, 2.24) is 15.0 Å². The van der Waals surface area contributed by atoms with Crippen LogP contribution in [0.25, 0.3) is 22.3 Å². The van der Waals surface area contributed by atoms with Gasteiger partial charge in [-0.15, -0.1) is 0 Å². The molecule has 0 saturated heterocycles. The Morgan fingerprint density at radius 3 is 2.42 bits per heavy atom. The molecule has 156 valence electrons. The maximum absolute atomic E-state index is 12.9. The zero-order valence-corrected chi connectivity index (χ0v) is 17.1. The second-order valence-corrected chi connectivity index (χ2v) is 8.32. The van der Waals surface area contributed by atoms with Crippen molar-refractivity contribution in [3.8, 4) is 11.4 Å². The lowest BCUT2D eigenvalue weighted by molar-refractivity contribution is -0.242. The average molecular weight is 434 g/mol. The van der Waals surface area contributed by atoms with Crippen LogP contribution >= 0.6 is 0 Å². The monoisotopic (exact) mass is 434 g/mol. The number of sulfonamides is 1. The van der Waals surface area contributed by atoms with Crippen molar-refractivity contribution >= 4 is 38.5 Å². The van der Waals surface area contributed by atoms with Crippen LogP contribution in [0.1, 0.15) is 5.56 Å². The van der Waals surface area contributed by atoms with Crippen LogP contribution < -0.4 is 15.1 Å². The summed E-state index contributed by atoms with van der Waals surface area (Å²) in [6.07, 6.45) is 1.70. The van der Waals surface area contributed by atoms with Crippen molar-refractivity contribution < 1.29 is 18.3 Å². The molecule has 1 aromatic carbocycles. The van der Waals surface area contributed by atoms with Crippen LogP contribution in [-0.4, -0.2) is 29.5 Å². The van der Waals surface area contributed by atoms with E-state index < -0.39 is 16.1 Å². The molecule has 0 aliphatic heterocycles. The highest BCUT2D eigenvalue weighted by Gasteiger charge is 2.19. The van der Waals surface area contributed by atoms with Crippen molar-refractivity contribution in [2.24, 2.45) is 0 Å². The van der Waals surface area contributed by atoms with Gasteiger partial charge < -0.3 is 15.2 Å². The summed E-state index contributed by atoms with van der Waals surface area (Å²) in [5.41, 5.74) is 2.61. The molecule has 10 heteroatoms. The Balaban J connectivity index is 1.76. The van der Waals surface area contributed by atoms with E-state index in [0.29, 0.717) is 22.3 Å². The third kappa shape index (κ3) is 4.28. The van der Waals surface area contributed by atoms with Crippen LogP contribution in [0.5, 0.6) is 0 Å². The third-order valence-corrected chi connectivity index (χ3v) is 5.84. The van der Waals surface area contributed by atoms with E-state index in [0.717, 1.165) is 5.56 Å². The molecule has 0 radical (unpaired) electrons. The summed E-state index contributed by atoms with van der Waals surface area (Å²) in [6, 6.07) is 14.3. The number of pyridine rings is 3. The average Bonchev–Trinajstić information content (AvgIpc) is 2.74. The Bertz CT molecular complexity index is 1390. The molecule has 2 N–H and O–H groups in total. The Kier molecular flexibility index (Phi) is 5.22. The molecule has 0 bridgehead atoms. The first-order valence-corrected chi connectivity index (χ1v) is 10.6. The molecule has 1 amide bonds. The van der Waals surface area contributed by atoms with Gasteiger partial charge in [0.25, 0.3) is 10.0 Å². The number of rotatable bonds is 5. The van der Waals surface area contributed by atoms with Crippen molar-refractivity contribution in [3.63, 3.8) is 0 Å². The van der Waals surface area contributed by atoms with E-state index in [2.05, 4.69) is 19.7 Å². The fourth-order valence-electron chi connectivity index (χ4n) is 3.05. The molecule has 3 aromatic heterocycles. The molecular weight excluding hydrogens is 418 g/mol. The van der Waals surface area contributed by atoms with Crippen LogP contribution in [0.2, 0.25) is 0 Å². The van der Waals surface area contributed by atoms with Gasteiger partial charge in [0.2, 0.25) is 0 Å². The number of nitrogens with one attached hydrogen (secondary N) is 2. The molecule has 4 aromatic rings. The number of hydrogen-bond acceptors (Lipinski definition) is 7. The van der Waals surface area contributed by atoms with Crippen molar-refractivity contribution in [1.29, 1.82) is 0 Å². The van der Waals surface area contributed by atoms with E-state index in [4.69, 9.17) is 0 Å². The Labute approximate surface area is 177 Å². The molecule has 0 spiro atoms. The number of carboxylic acid groups (broad SMARTS) is 1. The molecule has 31 heavy (non-hydrogen) atoms. The van der Waals surface area contributed by atoms with Gasteiger partial charge in [0, 0.05) is 23.5 Å². The third-order valence-electron chi connectivity index (χ3n) is 4.48. The summed E-state index contributed by atoms with van der Waals surface area (Å²) in [6.45, 7) is 1.89. The summed E-state index contributed by atoms with van der Waals surface area (Å²) in [7, 11) is -4.02. The van der Waals surface area contributed by atoms with Crippen molar-refractivity contribution in [3.05, 3.63) is 72.6 Å². The number of carbonyl (C=O) groups excluding carboxylic acids is 1. The molecule has 4 rings (SSSR count). The van der Waals surface area contributed by atoms with Gasteiger partial charge in [-0.25, -0.2) is 13.4 Å². The number of hydrogen-bond donors (Lipinski definition) is 2. The number of aryl methyl sites for hydroxylation is 1. The number of anilines is 2. The molecule has 0 saturated carbocycles. The topological polar surface area (TPSA) is 137 Å². The highest BCUT2D eigenvalue weighted by Crippen LogP contribution is 2.28. The number of carbonyl (C=O) groups is 1. The van der Waals surface area contributed by atoms with Crippen LogP contribution in [-0.2, 0) is 10.0 Å². The maximum Gasteiger partial charge on any atom is 0.263 e. The summed E-state index contributed by atoms with van der Waals surface area (Å²) < 4.78 is 28.4. The second-order valence-electron chi connectivity index (χ2n) is 6.64. The Morgan fingerprint density at radius 2 is 1.71 bits per heavy atom. The molecule has 0 aliphatic rings. The molecule has 9 nitrogen and oxygen atoms in total. The predicted octanol–water partition coefficient (Wildman–Crippen LogP) is 2.56. The van der Waals surface area contributed by atoms with E-state index >= 15 is 0 Å². The fourth-order valence-corrected chi connectivity index (χ4v) is 4.06. The zero-order chi connectivity index (χ0) is 22.0. The number of amides is 1. The molecular formula is C21H16N5O4S-. The highest BCUT2D eigenvalue weighted by atomic mass is 32.2. The van der Waals surface area contributed by atoms with E-state index in [1.807, 2.05) is 30.4 Å². The first kappa shape index (κ1) is 20.2. The van der Waals surface area contributed by atoms with E-state index in [9.17, 15) is 18.3 Å². The normalized spacial score (nSPS) is 11.3. The van der Waals surface area contributed by atoms with Crippen LogP contribution in [0, 0.1) is 6.92 Å². The van der Waals surface area contributed by atoms with Crippen LogP contribution in [0.4, 0.5) is 16.3 Å². The summed E-state index contributed by atoms with van der Waals surface area (Å²) in [5, 5.41) is 13.4. The Hall–Kier alpha value is -4.05. The minimum atomic E-state index is -4.02. The first-order chi connectivity index (χ1) is 14.8. The molecule has 0 aliphatic carbocycles. The fraction of sp³-hybridized carbons (Fsp3) is 0.0476. The van der Waals surface area contributed by atoms with Gasteiger partial charge in [-0.2, -0.15) is 0 Å². The maximum atomic E-state index is 12.9. The van der Waals surface area contributed by atoms with E-state index in [-0.39, 0.29) is 16.4 Å². The lowest BCUT2D eigenvalue weighted by Gasteiger charge is -2.13. The van der Waals surface area contributed by atoms with Gasteiger partial charge in [-0.05, 0) is 55.0 Å². The zero-order valence-electron chi connectivity index (χ0n) is 16.2. The summed E-state index contributed by atoms with van der Waals surface area (Å²) in [4.78, 5) is 23.7. The predicted molar refractivity (Wildman–Crippen MR) is 114 cm³/mol. The molecule has 0 fully saturated rings. The van der Waals surface area contributed by atoms with Gasteiger partial charge in [0.1, 0.15) is 11.6 Å². The van der Waals surface area contributed by atoms with Crippen molar-refractivity contribution in [2.75, 3.05) is 10.0 Å². The lowest BCUT2D eigenvalue weighted by Crippen LogP contribution is -2.28. The van der Waals surface area contributed by atoms with Gasteiger partial charge in [-0.1, -0.05) is 12.1 Å². The number of nitrogens with zero attached hydrogens (tertiary/aromatic N) is 3. The quantitative estimate of drug-likeness (QED) is 0.492. The molecule has 0 atom stereocenters. The first-order valence-electron chi connectivity index (χ1n) is 9.12. The summed E-state index contributed by atoms with van der Waals surface area (Å²) in [5.74, 6) is 0.0649. The minimum absolute atomic E-state index is 0.0649. The van der Waals surface area contributed by atoms with Gasteiger partial charge in [-0.3, -0.25) is 14.7 Å².